The SMILES string of the molecule is Cc1cc(Cn2ccc3c2CCCC3=O)cc(C)c1F. The summed E-state index contributed by atoms with van der Waals surface area (Å²) in [6.07, 6.45) is 4.51. The lowest BCUT2D eigenvalue weighted by Crippen LogP contribution is -2.13. The van der Waals surface area contributed by atoms with Crippen molar-refractivity contribution in [2.45, 2.75) is 39.7 Å². The lowest BCUT2D eigenvalue weighted by Gasteiger charge is -2.15. The quantitative estimate of drug-likeness (QED) is 0.814. The fourth-order valence-corrected chi connectivity index (χ4v) is 3.06. The molecule has 0 radical (unpaired) electrons. The Morgan fingerprint density at radius 2 is 1.90 bits per heavy atom. The van der Waals surface area contributed by atoms with Crippen molar-refractivity contribution >= 4 is 5.78 Å². The Bertz CT molecular complexity index is 661. The fraction of sp³-hybridized carbons (Fsp3) is 0.353. The Labute approximate surface area is 118 Å². The summed E-state index contributed by atoms with van der Waals surface area (Å²) in [6, 6.07) is 5.69. The molecule has 0 unspecified atom stereocenters. The van der Waals surface area contributed by atoms with Gasteiger partial charge in [-0.2, -0.15) is 0 Å². The number of Topliss-reactive ketones (excluding diaryl/α,β-unsaturated/α-hetero) is 1. The minimum atomic E-state index is -0.126. The molecule has 2 nitrogen and oxygen atoms in total. The van der Waals surface area contributed by atoms with Gasteiger partial charge in [0.1, 0.15) is 5.82 Å². The van der Waals surface area contributed by atoms with E-state index >= 15 is 0 Å². The zero-order valence-corrected chi connectivity index (χ0v) is 11.9. The Morgan fingerprint density at radius 3 is 2.60 bits per heavy atom. The maximum absolute atomic E-state index is 13.7. The Balaban J connectivity index is 1.94. The number of carbonyl (C=O) groups excluding carboxylic acids is 1. The first-order valence-corrected chi connectivity index (χ1v) is 7.03. The first-order chi connectivity index (χ1) is 9.56. The van der Waals surface area contributed by atoms with E-state index in [0.717, 1.165) is 29.7 Å². The maximum atomic E-state index is 13.7. The molecule has 0 N–H and O–H groups in total. The van der Waals surface area contributed by atoms with E-state index in [1.807, 2.05) is 24.4 Å². The van der Waals surface area contributed by atoms with Gasteiger partial charge < -0.3 is 4.57 Å². The van der Waals surface area contributed by atoms with Crippen LogP contribution in [0.5, 0.6) is 0 Å². The third kappa shape index (κ3) is 2.17. The second kappa shape index (κ2) is 4.89. The normalized spacial score (nSPS) is 14.4. The van der Waals surface area contributed by atoms with Gasteiger partial charge in [0.25, 0.3) is 0 Å². The Hall–Kier alpha value is -1.90. The number of nitrogens with zero attached hydrogens (tertiary/aromatic N) is 1. The van der Waals surface area contributed by atoms with E-state index in [0.29, 0.717) is 24.1 Å². The predicted molar refractivity (Wildman–Crippen MR) is 76.7 cm³/mol. The molecule has 20 heavy (non-hydrogen) atoms. The standard InChI is InChI=1S/C17H18FNO/c1-11-8-13(9-12(2)17(11)18)10-19-7-6-14-15(19)4-3-5-16(14)20/h6-9H,3-5,10H2,1-2H3. The van der Waals surface area contributed by atoms with Crippen LogP contribution in [0.25, 0.3) is 0 Å². The number of carbonyl (C=O) groups is 1. The molecule has 3 heteroatoms. The lowest BCUT2D eigenvalue weighted by molar-refractivity contribution is 0.0972. The molecule has 0 fully saturated rings. The van der Waals surface area contributed by atoms with E-state index in [4.69, 9.17) is 0 Å². The maximum Gasteiger partial charge on any atom is 0.164 e. The summed E-state index contributed by atoms with van der Waals surface area (Å²) >= 11 is 0. The highest BCUT2D eigenvalue weighted by Gasteiger charge is 2.20. The summed E-state index contributed by atoms with van der Waals surface area (Å²) in [7, 11) is 0. The molecule has 0 aliphatic heterocycles. The molecule has 1 aromatic carbocycles. The largest absolute Gasteiger partial charge is 0.346 e. The van der Waals surface area contributed by atoms with Crippen LogP contribution in [0.2, 0.25) is 0 Å². The number of rotatable bonds is 2. The molecule has 0 saturated carbocycles. The van der Waals surface area contributed by atoms with Crippen LogP contribution in [0.15, 0.2) is 24.4 Å². The first kappa shape index (κ1) is 13.1. The number of halogens is 1. The van der Waals surface area contributed by atoms with Crippen LogP contribution >= 0.6 is 0 Å². The molecule has 3 rings (SSSR count). The van der Waals surface area contributed by atoms with E-state index < -0.39 is 0 Å². The molecule has 0 spiro atoms. The number of ketones is 1. The molecular formula is C17H18FNO. The lowest BCUT2D eigenvalue weighted by atomic mass is 9.96. The number of aromatic nitrogens is 1. The highest BCUT2D eigenvalue weighted by molar-refractivity contribution is 5.98. The third-order valence-electron chi connectivity index (χ3n) is 4.05. The Kier molecular flexibility index (Phi) is 3.20. The van der Waals surface area contributed by atoms with Crippen LogP contribution in [0.3, 0.4) is 0 Å². The summed E-state index contributed by atoms with van der Waals surface area (Å²) < 4.78 is 15.8. The average Bonchev–Trinajstić information content (AvgIpc) is 2.81. The van der Waals surface area contributed by atoms with Gasteiger partial charge in [-0.15, -0.1) is 0 Å². The second-order valence-corrected chi connectivity index (χ2v) is 5.62. The van der Waals surface area contributed by atoms with E-state index in [-0.39, 0.29) is 11.6 Å². The zero-order chi connectivity index (χ0) is 14.3. The van der Waals surface area contributed by atoms with E-state index in [9.17, 15) is 9.18 Å². The molecular weight excluding hydrogens is 253 g/mol. The number of fused-ring (bicyclic) bond motifs is 1. The van der Waals surface area contributed by atoms with Crippen LogP contribution < -0.4 is 0 Å². The molecule has 0 atom stereocenters. The van der Waals surface area contributed by atoms with Gasteiger partial charge in [0.15, 0.2) is 5.78 Å². The van der Waals surface area contributed by atoms with Crippen LogP contribution in [0.1, 0.15) is 45.6 Å². The third-order valence-corrected chi connectivity index (χ3v) is 4.05. The monoisotopic (exact) mass is 271 g/mol. The second-order valence-electron chi connectivity index (χ2n) is 5.62. The van der Waals surface area contributed by atoms with Crippen LogP contribution in [0.4, 0.5) is 4.39 Å². The van der Waals surface area contributed by atoms with Gasteiger partial charge in [-0.3, -0.25) is 4.79 Å². The Morgan fingerprint density at radius 1 is 1.20 bits per heavy atom. The smallest absolute Gasteiger partial charge is 0.164 e. The summed E-state index contributed by atoms with van der Waals surface area (Å²) in [4.78, 5) is 11.8. The molecule has 1 aromatic heterocycles. The average molecular weight is 271 g/mol. The molecule has 0 saturated heterocycles. The molecule has 1 heterocycles. The fourth-order valence-electron chi connectivity index (χ4n) is 3.06. The van der Waals surface area contributed by atoms with Crippen LogP contribution in [-0.2, 0) is 13.0 Å². The number of aryl methyl sites for hydroxylation is 2. The number of hydrogen-bond donors (Lipinski definition) is 0. The molecule has 0 amide bonds. The molecule has 104 valence electrons. The van der Waals surface area contributed by atoms with Crippen molar-refractivity contribution in [3.8, 4) is 0 Å². The number of hydrogen-bond acceptors (Lipinski definition) is 1. The highest BCUT2D eigenvalue weighted by atomic mass is 19.1. The van der Waals surface area contributed by atoms with Crippen molar-refractivity contribution in [1.82, 2.24) is 4.57 Å². The highest BCUT2D eigenvalue weighted by Crippen LogP contribution is 2.24. The summed E-state index contributed by atoms with van der Waals surface area (Å²) in [6.45, 7) is 4.28. The van der Waals surface area contributed by atoms with Gasteiger partial charge in [-0.1, -0.05) is 12.1 Å². The van der Waals surface area contributed by atoms with Gasteiger partial charge in [0.05, 0.1) is 0 Å². The van der Waals surface area contributed by atoms with E-state index in [1.54, 1.807) is 13.8 Å². The van der Waals surface area contributed by atoms with Gasteiger partial charge in [-0.25, -0.2) is 4.39 Å². The van der Waals surface area contributed by atoms with Crippen molar-refractivity contribution in [2.75, 3.05) is 0 Å². The summed E-state index contributed by atoms with van der Waals surface area (Å²) in [5.74, 6) is 0.120. The minimum absolute atomic E-state index is 0.126. The van der Waals surface area contributed by atoms with Crippen LogP contribution in [-0.4, -0.2) is 10.4 Å². The minimum Gasteiger partial charge on any atom is -0.346 e. The van der Waals surface area contributed by atoms with E-state index in [2.05, 4.69) is 4.57 Å². The van der Waals surface area contributed by atoms with Gasteiger partial charge in [0.2, 0.25) is 0 Å². The van der Waals surface area contributed by atoms with Gasteiger partial charge >= 0.3 is 0 Å². The number of benzene rings is 1. The summed E-state index contributed by atoms with van der Waals surface area (Å²) in [5, 5.41) is 0. The molecule has 2 aromatic rings. The summed E-state index contributed by atoms with van der Waals surface area (Å²) in [5.41, 5.74) is 4.43. The van der Waals surface area contributed by atoms with Gasteiger partial charge in [-0.05, 0) is 49.4 Å². The van der Waals surface area contributed by atoms with Crippen molar-refractivity contribution in [2.24, 2.45) is 0 Å². The van der Waals surface area contributed by atoms with Crippen molar-refractivity contribution < 1.29 is 9.18 Å². The van der Waals surface area contributed by atoms with Crippen molar-refractivity contribution in [3.05, 3.63) is 58.2 Å². The van der Waals surface area contributed by atoms with Crippen molar-refractivity contribution in [1.29, 1.82) is 0 Å². The molecule has 1 aliphatic rings. The predicted octanol–water partition coefficient (Wildman–Crippen LogP) is 3.81. The topological polar surface area (TPSA) is 22.0 Å². The van der Waals surface area contributed by atoms with Gasteiger partial charge in [0, 0.05) is 30.4 Å². The molecule has 1 aliphatic carbocycles. The zero-order valence-electron chi connectivity index (χ0n) is 11.9. The molecule has 0 bridgehead atoms. The van der Waals surface area contributed by atoms with Crippen LogP contribution in [0, 0.1) is 19.7 Å². The van der Waals surface area contributed by atoms with E-state index in [1.165, 1.54) is 0 Å². The van der Waals surface area contributed by atoms with Crippen molar-refractivity contribution in [3.63, 3.8) is 0 Å². The first-order valence-electron chi connectivity index (χ1n) is 7.03.